The van der Waals surface area contributed by atoms with E-state index >= 15 is 0 Å². The number of carboxylic acids is 1. The van der Waals surface area contributed by atoms with Crippen LogP contribution in [0.2, 0.25) is 0 Å². The zero-order valence-corrected chi connectivity index (χ0v) is 14.4. The zero-order chi connectivity index (χ0) is 19.4. The molecule has 1 amide bonds. The number of carboxylic acid groups (broad SMARTS) is 1. The van der Waals surface area contributed by atoms with E-state index in [2.05, 4.69) is 9.72 Å². The van der Waals surface area contributed by atoms with Gasteiger partial charge in [-0.3, -0.25) is 4.79 Å². The second-order valence-electron chi connectivity index (χ2n) is 6.20. The molecule has 2 heterocycles. The Hall–Kier alpha value is -3.03. The summed E-state index contributed by atoms with van der Waals surface area (Å²) < 4.78 is 28.9. The molecule has 1 aliphatic rings. The van der Waals surface area contributed by atoms with E-state index in [0.717, 1.165) is 11.1 Å². The Bertz CT molecular complexity index is 857. The lowest BCUT2D eigenvalue weighted by Gasteiger charge is -2.28. The van der Waals surface area contributed by atoms with Gasteiger partial charge in [0.1, 0.15) is 11.4 Å². The highest BCUT2D eigenvalue weighted by atomic mass is 19.3. The lowest BCUT2D eigenvalue weighted by atomic mass is 10.0. The fourth-order valence-corrected chi connectivity index (χ4v) is 3.03. The van der Waals surface area contributed by atoms with E-state index in [9.17, 15) is 18.4 Å². The Kier molecular flexibility index (Phi) is 5.63. The van der Waals surface area contributed by atoms with Crippen molar-refractivity contribution in [3.63, 3.8) is 0 Å². The Labute approximate surface area is 154 Å². The minimum Gasteiger partial charge on any atom is -0.477 e. The second-order valence-corrected chi connectivity index (χ2v) is 6.20. The van der Waals surface area contributed by atoms with Crippen molar-refractivity contribution in [2.24, 2.45) is 0 Å². The maximum atomic E-state index is 12.5. The van der Waals surface area contributed by atoms with Gasteiger partial charge in [-0.2, -0.15) is 8.78 Å². The van der Waals surface area contributed by atoms with Gasteiger partial charge in [0, 0.05) is 13.0 Å². The first-order valence-corrected chi connectivity index (χ1v) is 8.46. The number of hydrogen-bond acceptors (Lipinski definition) is 4. The summed E-state index contributed by atoms with van der Waals surface area (Å²) in [6, 6.07) is 9.48. The Morgan fingerprint density at radius 1 is 1.26 bits per heavy atom. The molecule has 27 heavy (non-hydrogen) atoms. The van der Waals surface area contributed by atoms with E-state index in [1.807, 2.05) is 0 Å². The highest BCUT2D eigenvalue weighted by Crippen LogP contribution is 2.20. The number of alkyl halides is 2. The molecular weight excluding hydrogens is 358 g/mol. The smallest absolute Gasteiger partial charge is 0.387 e. The number of ether oxygens (including phenoxy) is 1. The van der Waals surface area contributed by atoms with Crippen LogP contribution in [-0.2, 0) is 24.2 Å². The molecule has 0 fully saturated rings. The average molecular weight is 376 g/mol. The van der Waals surface area contributed by atoms with Crippen LogP contribution >= 0.6 is 0 Å². The third-order valence-electron chi connectivity index (χ3n) is 4.38. The van der Waals surface area contributed by atoms with Crippen LogP contribution < -0.4 is 4.74 Å². The van der Waals surface area contributed by atoms with Gasteiger partial charge < -0.3 is 14.7 Å². The molecule has 0 saturated heterocycles. The molecule has 0 saturated carbocycles. The number of carbonyl (C=O) groups excluding carboxylic acids is 1. The molecule has 8 heteroatoms. The van der Waals surface area contributed by atoms with Crippen molar-refractivity contribution in [1.29, 1.82) is 0 Å². The Balaban J connectivity index is 1.61. The predicted molar refractivity (Wildman–Crippen MR) is 91.7 cm³/mol. The number of pyridine rings is 1. The standard InChI is InChI=1S/C19H18F2N2O4/c20-19(21)27-14-3-1-2-12(10-14)4-7-17(24)23-9-8-13-5-6-15(18(25)26)22-16(13)11-23/h1-3,5-6,10,19H,4,7-9,11H2,(H,25,26). The molecule has 1 aromatic heterocycles. The van der Waals surface area contributed by atoms with Gasteiger partial charge in [-0.15, -0.1) is 0 Å². The minimum atomic E-state index is -2.89. The topological polar surface area (TPSA) is 79.7 Å². The predicted octanol–water partition coefficient (Wildman–Crippen LogP) is 2.90. The molecule has 0 spiro atoms. The number of amides is 1. The van der Waals surface area contributed by atoms with Gasteiger partial charge in [0.15, 0.2) is 0 Å². The summed E-state index contributed by atoms with van der Waals surface area (Å²) in [5, 5.41) is 9.05. The molecule has 1 N–H and O–H groups in total. The van der Waals surface area contributed by atoms with Crippen molar-refractivity contribution in [2.75, 3.05) is 6.54 Å². The number of halogens is 2. The van der Waals surface area contributed by atoms with Crippen LogP contribution in [0.4, 0.5) is 8.78 Å². The number of rotatable bonds is 6. The van der Waals surface area contributed by atoms with E-state index in [0.29, 0.717) is 25.1 Å². The van der Waals surface area contributed by atoms with Crippen molar-refractivity contribution in [3.05, 3.63) is 58.9 Å². The quantitative estimate of drug-likeness (QED) is 0.839. The van der Waals surface area contributed by atoms with Crippen LogP contribution in [0, 0.1) is 0 Å². The maximum Gasteiger partial charge on any atom is 0.387 e. The van der Waals surface area contributed by atoms with Gasteiger partial charge in [-0.25, -0.2) is 9.78 Å². The molecule has 0 bridgehead atoms. The van der Waals surface area contributed by atoms with Crippen molar-refractivity contribution >= 4 is 11.9 Å². The molecule has 1 aromatic carbocycles. The van der Waals surface area contributed by atoms with Gasteiger partial charge in [0.25, 0.3) is 0 Å². The van der Waals surface area contributed by atoms with Gasteiger partial charge in [0.2, 0.25) is 5.91 Å². The lowest BCUT2D eigenvalue weighted by molar-refractivity contribution is -0.132. The largest absolute Gasteiger partial charge is 0.477 e. The van der Waals surface area contributed by atoms with Gasteiger partial charge in [-0.1, -0.05) is 18.2 Å². The van der Waals surface area contributed by atoms with Gasteiger partial charge in [0.05, 0.1) is 12.2 Å². The number of benzene rings is 1. The number of aromatic nitrogens is 1. The molecule has 0 radical (unpaired) electrons. The van der Waals surface area contributed by atoms with E-state index in [1.165, 1.54) is 18.2 Å². The molecular formula is C19H18F2N2O4. The highest BCUT2D eigenvalue weighted by Gasteiger charge is 2.22. The van der Waals surface area contributed by atoms with E-state index < -0.39 is 12.6 Å². The van der Waals surface area contributed by atoms with Crippen LogP contribution in [0.15, 0.2) is 36.4 Å². The number of aromatic carboxylic acids is 1. The number of fused-ring (bicyclic) bond motifs is 1. The fourth-order valence-electron chi connectivity index (χ4n) is 3.03. The highest BCUT2D eigenvalue weighted by molar-refractivity contribution is 5.85. The Morgan fingerprint density at radius 3 is 2.81 bits per heavy atom. The third-order valence-corrected chi connectivity index (χ3v) is 4.38. The van der Waals surface area contributed by atoms with Crippen molar-refractivity contribution in [1.82, 2.24) is 9.88 Å². The fraction of sp³-hybridized carbons (Fsp3) is 0.316. The summed E-state index contributed by atoms with van der Waals surface area (Å²) in [4.78, 5) is 29.3. The van der Waals surface area contributed by atoms with Crippen molar-refractivity contribution < 1.29 is 28.2 Å². The first-order chi connectivity index (χ1) is 12.9. The number of hydrogen-bond donors (Lipinski definition) is 1. The average Bonchev–Trinajstić information content (AvgIpc) is 2.65. The molecule has 0 unspecified atom stereocenters. The first-order valence-electron chi connectivity index (χ1n) is 8.46. The van der Waals surface area contributed by atoms with Crippen LogP contribution in [0.5, 0.6) is 5.75 Å². The minimum absolute atomic E-state index is 0.0427. The monoisotopic (exact) mass is 376 g/mol. The molecule has 0 atom stereocenters. The summed E-state index contributed by atoms with van der Waals surface area (Å²) >= 11 is 0. The van der Waals surface area contributed by atoms with Crippen LogP contribution in [-0.4, -0.2) is 40.0 Å². The Morgan fingerprint density at radius 2 is 2.07 bits per heavy atom. The summed E-state index contributed by atoms with van der Waals surface area (Å²) in [7, 11) is 0. The van der Waals surface area contributed by atoms with Gasteiger partial charge in [-0.05, 0) is 42.2 Å². The van der Waals surface area contributed by atoms with E-state index in [1.54, 1.807) is 23.1 Å². The first kappa shape index (κ1) is 18.8. The number of nitrogens with zero attached hydrogens (tertiary/aromatic N) is 2. The second kappa shape index (κ2) is 8.11. The molecule has 6 nitrogen and oxygen atoms in total. The van der Waals surface area contributed by atoms with Crippen LogP contribution in [0.1, 0.15) is 33.7 Å². The normalized spacial score (nSPS) is 13.4. The lowest BCUT2D eigenvalue weighted by Crippen LogP contribution is -2.36. The summed E-state index contributed by atoms with van der Waals surface area (Å²) in [5.41, 5.74) is 2.23. The zero-order valence-electron chi connectivity index (χ0n) is 14.4. The molecule has 0 aliphatic carbocycles. The molecule has 2 aromatic rings. The molecule has 3 rings (SSSR count). The number of aryl methyl sites for hydroxylation is 1. The van der Waals surface area contributed by atoms with Crippen LogP contribution in [0.25, 0.3) is 0 Å². The van der Waals surface area contributed by atoms with Crippen LogP contribution in [0.3, 0.4) is 0 Å². The number of carbonyl (C=O) groups is 2. The SMILES string of the molecule is O=C(O)c1ccc2c(n1)CN(C(=O)CCc1cccc(OC(F)F)c1)CC2. The van der Waals surface area contributed by atoms with Crippen molar-refractivity contribution in [3.8, 4) is 5.75 Å². The summed E-state index contributed by atoms with van der Waals surface area (Å²) in [5.74, 6) is -1.14. The van der Waals surface area contributed by atoms with E-state index in [-0.39, 0.29) is 30.3 Å². The molecule has 1 aliphatic heterocycles. The summed E-state index contributed by atoms with van der Waals surface area (Å²) in [6.45, 7) is -2.09. The van der Waals surface area contributed by atoms with Gasteiger partial charge >= 0.3 is 12.6 Å². The third kappa shape index (κ3) is 4.78. The van der Waals surface area contributed by atoms with Crippen molar-refractivity contribution in [2.45, 2.75) is 32.4 Å². The van der Waals surface area contributed by atoms with E-state index in [4.69, 9.17) is 5.11 Å². The summed E-state index contributed by atoms with van der Waals surface area (Å²) in [6.07, 6.45) is 1.23. The maximum absolute atomic E-state index is 12.5. The molecule has 142 valence electrons.